The monoisotopic (exact) mass is 525 g/mol. The molecule has 3 aromatic heterocycles. The van der Waals surface area contributed by atoms with Crippen molar-refractivity contribution in [1.82, 2.24) is 24.6 Å². The molecule has 1 aliphatic rings. The Bertz CT molecular complexity index is 1420. The van der Waals surface area contributed by atoms with Crippen molar-refractivity contribution in [2.45, 2.75) is 64.9 Å². The van der Waals surface area contributed by atoms with E-state index < -0.39 is 5.60 Å². The average Bonchev–Trinajstić information content (AvgIpc) is 3.55. The van der Waals surface area contributed by atoms with E-state index in [2.05, 4.69) is 51.4 Å². The molecule has 4 heterocycles. The van der Waals surface area contributed by atoms with E-state index in [-0.39, 0.29) is 11.9 Å². The highest BCUT2D eigenvalue weighted by atomic mass is 16.6. The molecule has 0 amide bonds. The lowest BCUT2D eigenvalue weighted by molar-refractivity contribution is -0.155. The van der Waals surface area contributed by atoms with Crippen molar-refractivity contribution in [3.63, 3.8) is 0 Å². The molecule has 1 aliphatic heterocycles. The summed E-state index contributed by atoms with van der Waals surface area (Å²) in [6, 6.07) is 18.6. The summed E-state index contributed by atoms with van der Waals surface area (Å²) in [7, 11) is 0. The first-order chi connectivity index (χ1) is 18.7. The topological polar surface area (TPSA) is 73.1 Å². The van der Waals surface area contributed by atoms with Gasteiger partial charge in [0.2, 0.25) is 0 Å². The van der Waals surface area contributed by atoms with Crippen LogP contribution in [-0.2, 0) is 16.0 Å². The van der Waals surface area contributed by atoms with Crippen LogP contribution in [0.5, 0.6) is 0 Å². The third kappa shape index (κ3) is 7.30. The number of pyridine rings is 2. The minimum Gasteiger partial charge on any atom is -0.460 e. The van der Waals surface area contributed by atoms with Crippen molar-refractivity contribution in [2.75, 3.05) is 19.6 Å². The largest absolute Gasteiger partial charge is 0.460 e. The second-order valence-corrected chi connectivity index (χ2v) is 11.8. The van der Waals surface area contributed by atoms with Crippen LogP contribution in [0.3, 0.4) is 0 Å². The number of rotatable bonds is 9. The van der Waals surface area contributed by atoms with Crippen molar-refractivity contribution in [1.29, 1.82) is 0 Å². The number of hydrogen-bond acceptors (Lipinski definition) is 6. The Hall–Kier alpha value is -3.58. The van der Waals surface area contributed by atoms with Gasteiger partial charge in [-0.15, -0.1) is 0 Å². The van der Waals surface area contributed by atoms with Crippen LogP contribution in [0.1, 0.15) is 62.9 Å². The van der Waals surface area contributed by atoms with Crippen LogP contribution in [0, 0.1) is 12.8 Å². The molecule has 1 aromatic carbocycles. The van der Waals surface area contributed by atoms with Crippen LogP contribution >= 0.6 is 0 Å². The lowest BCUT2D eigenvalue weighted by Gasteiger charge is -2.26. The van der Waals surface area contributed by atoms with E-state index in [1.54, 1.807) is 6.20 Å². The molecule has 0 N–H and O–H groups in total. The van der Waals surface area contributed by atoms with Gasteiger partial charge in [0.1, 0.15) is 5.60 Å². The molecule has 39 heavy (non-hydrogen) atoms. The molecule has 5 rings (SSSR count). The van der Waals surface area contributed by atoms with E-state index in [1.807, 2.05) is 56.8 Å². The molecular weight excluding hydrogens is 486 g/mol. The molecule has 0 spiro atoms. The van der Waals surface area contributed by atoms with Gasteiger partial charge >= 0.3 is 5.97 Å². The van der Waals surface area contributed by atoms with Crippen LogP contribution < -0.4 is 0 Å². The number of esters is 1. The quantitative estimate of drug-likeness (QED) is 0.254. The van der Waals surface area contributed by atoms with Gasteiger partial charge in [0.25, 0.3) is 0 Å². The van der Waals surface area contributed by atoms with Gasteiger partial charge in [0.15, 0.2) is 5.65 Å². The number of nitrogens with zero attached hydrogens (tertiary/aromatic N) is 5. The molecule has 204 valence electrons. The molecule has 0 radical (unpaired) electrons. The Labute approximate surface area is 231 Å². The van der Waals surface area contributed by atoms with E-state index in [4.69, 9.17) is 9.72 Å². The van der Waals surface area contributed by atoms with Crippen molar-refractivity contribution < 1.29 is 9.53 Å². The molecular formula is C32H39N5O2. The van der Waals surface area contributed by atoms with Crippen LogP contribution in [0.4, 0.5) is 0 Å². The third-order valence-electron chi connectivity index (χ3n) is 7.34. The highest BCUT2D eigenvalue weighted by Gasteiger charge is 2.28. The molecule has 0 saturated carbocycles. The maximum atomic E-state index is 12.9. The van der Waals surface area contributed by atoms with E-state index in [0.717, 1.165) is 72.6 Å². The zero-order valence-corrected chi connectivity index (χ0v) is 23.5. The van der Waals surface area contributed by atoms with Crippen molar-refractivity contribution in [3.8, 4) is 5.69 Å². The van der Waals surface area contributed by atoms with Gasteiger partial charge in [0.05, 0.1) is 17.8 Å². The normalized spacial score (nSPS) is 17.0. The fourth-order valence-electron chi connectivity index (χ4n) is 5.46. The SMILES string of the molecule is Cc1ccn(-c2cccc(C(CC(=O)OC(C)(C)C)CN3CC[C@@H](CCc4ccc5cccnc5n4)C3)c2)n1. The summed E-state index contributed by atoms with van der Waals surface area (Å²) >= 11 is 0. The molecule has 7 heteroatoms. The van der Waals surface area contributed by atoms with E-state index >= 15 is 0 Å². The third-order valence-corrected chi connectivity index (χ3v) is 7.34. The maximum absolute atomic E-state index is 12.9. The molecule has 0 bridgehead atoms. The van der Waals surface area contributed by atoms with Crippen molar-refractivity contribution in [2.24, 2.45) is 5.92 Å². The summed E-state index contributed by atoms with van der Waals surface area (Å²) in [4.78, 5) is 24.6. The number of carbonyl (C=O) groups is 1. The Kier molecular flexibility index (Phi) is 8.07. The van der Waals surface area contributed by atoms with Crippen LogP contribution in [0.15, 0.2) is 67.0 Å². The standard InChI is InChI=1S/C32H39N5O2/c1-23-14-18-37(35-23)29-9-5-7-26(19-29)27(20-30(38)39-32(2,3)4)22-36-17-15-24(21-36)10-12-28-13-11-25-8-6-16-33-31(25)34-28/h5-9,11,13-14,16,18-19,24,27H,10,12,15,17,20-22H2,1-4H3/t24-,27?/m1/s1. The number of carbonyl (C=O) groups excluding carboxylic acids is 1. The number of likely N-dealkylation sites (tertiary alicyclic amines) is 1. The molecule has 2 atom stereocenters. The van der Waals surface area contributed by atoms with Crippen LogP contribution in [0.25, 0.3) is 16.7 Å². The Balaban J connectivity index is 1.25. The summed E-state index contributed by atoms with van der Waals surface area (Å²) < 4.78 is 7.62. The number of aryl methyl sites for hydroxylation is 2. The lowest BCUT2D eigenvalue weighted by atomic mass is 9.94. The molecule has 1 saturated heterocycles. The summed E-state index contributed by atoms with van der Waals surface area (Å²) in [5, 5.41) is 5.65. The molecule has 7 nitrogen and oxygen atoms in total. The second-order valence-electron chi connectivity index (χ2n) is 11.8. The fraction of sp³-hybridized carbons (Fsp3) is 0.438. The Morgan fingerprint density at radius 2 is 2.00 bits per heavy atom. The van der Waals surface area contributed by atoms with Crippen molar-refractivity contribution in [3.05, 3.63) is 83.9 Å². The molecule has 4 aromatic rings. The van der Waals surface area contributed by atoms with Crippen LogP contribution in [-0.4, -0.2) is 55.9 Å². The predicted octanol–water partition coefficient (Wildman–Crippen LogP) is 5.89. The minimum absolute atomic E-state index is 0.0449. The fourth-order valence-corrected chi connectivity index (χ4v) is 5.46. The number of hydrogen-bond donors (Lipinski definition) is 0. The van der Waals surface area contributed by atoms with Gasteiger partial charge in [-0.25, -0.2) is 14.6 Å². The van der Waals surface area contributed by atoms with Crippen LogP contribution in [0.2, 0.25) is 0 Å². The number of fused-ring (bicyclic) bond motifs is 1. The van der Waals surface area contributed by atoms with Gasteiger partial charge in [-0.2, -0.15) is 5.10 Å². The number of ether oxygens (including phenoxy) is 1. The highest BCUT2D eigenvalue weighted by molar-refractivity contribution is 5.74. The van der Waals surface area contributed by atoms with Gasteiger partial charge in [-0.1, -0.05) is 12.1 Å². The zero-order valence-electron chi connectivity index (χ0n) is 23.5. The Morgan fingerprint density at radius 3 is 2.79 bits per heavy atom. The first kappa shape index (κ1) is 27.0. The lowest BCUT2D eigenvalue weighted by Crippen LogP contribution is -2.30. The summed E-state index contributed by atoms with van der Waals surface area (Å²) in [5.74, 6) is 0.509. The summed E-state index contributed by atoms with van der Waals surface area (Å²) in [5.41, 5.74) is 4.55. The molecule has 1 fully saturated rings. The van der Waals surface area contributed by atoms with Gasteiger partial charge < -0.3 is 9.64 Å². The highest BCUT2D eigenvalue weighted by Crippen LogP contribution is 2.29. The Morgan fingerprint density at radius 1 is 1.13 bits per heavy atom. The van der Waals surface area contributed by atoms with E-state index in [9.17, 15) is 4.79 Å². The summed E-state index contributed by atoms with van der Waals surface area (Å²) in [6.45, 7) is 10.7. The molecule has 1 unspecified atom stereocenters. The number of benzene rings is 1. The zero-order chi connectivity index (χ0) is 27.4. The molecule has 0 aliphatic carbocycles. The van der Waals surface area contributed by atoms with Gasteiger partial charge in [-0.3, -0.25) is 4.79 Å². The van der Waals surface area contributed by atoms with Gasteiger partial charge in [-0.05, 0) is 107 Å². The number of aromatic nitrogens is 4. The first-order valence-corrected chi connectivity index (χ1v) is 14.0. The smallest absolute Gasteiger partial charge is 0.306 e. The minimum atomic E-state index is -0.499. The predicted molar refractivity (Wildman–Crippen MR) is 154 cm³/mol. The average molecular weight is 526 g/mol. The maximum Gasteiger partial charge on any atom is 0.306 e. The van der Waals surface area contributed by atoms with E-state index in [1.165, 1.54) is 0 Å². The van der Waals surface area contributed by atoms with E-state index in [0.29, 0.717) is 12.3 Å². The second kappa shape index (κ2) is 11.7. The summed E-state index contributed by atoms with van der Waals surface area (Å²) in [6.07, 6.45) is 7.35. The van der Waals surface area contributed by atoms with Gasteiger partial charge in [0, 0.05) is 42.5 Å². The first-order valence-electron chi connectivity index (χ1n) is 14.0. The van der Waals surface area contributed by atoms with Crippen molar-refractivity contribution >= 4 is 17.0 Å².